The minimum Gasteiger partial charge on any atom is -0.394 e. The van der Waals surface area contributed by atoms with E-state index in [1.165, 1.54) is 0 Å². The quantitative estimate of drug-likeness (QED) is 0.624. The van der Waals surface area contributed by atoms with Crippen molar-refractivity contribution in [3.63, 3.8) is 0 Å². The molecule has 0 spiro atoms. The molecule has 0 aromatic rings. The molecule has 1 unspecified atom stereocenters. The summed E-state index contributed by atoms with van der Waals surface area (Å²) < 4.78 is 0. The van der Waals surface area contributed by atoms with E-state index in [4.69, 9.17) is 5.11 Å². The highest BCUT2D eigenvalue weighted by Crippen LogP contribution is 2.11. The van der Waals surface area contributed by atoms with Crippen molar-refractivity contribution in [1.29, 1.82) is 0 Å². The number of nitrogens with one attached hydrogen (secondary N) is 2. The Kier molecular flexibility index (Phi) is 6.03. The fourth-order valence-electron chi connectivity index (χ4n) is 0.947. The Bertz CT molecular complexity index is 246. The number of amides is 2. The van der Waals surface area contributed by atoms with Crippen LogP contribution in [0.1, 0.15) is 34.1 Å². The standard InChI is InChI=1S/C11H22N2O3/c1-8(7-14)13-9(15)5-6-12-10(16)11(2,3)4/h8,14H,5-7H2,1-4H3,(H,12,16)(H,13,15). The van der Waals surface area contributed by atoms with E-state index in [0.717, 1.165) is 0 Å². The van der Waals surface area contributed by atoms with E-state index in [2.05, 4.69) is 10.6 Å². The molecule has 0 aromatic heterocycles. The molecule has 0 saturated heterocycles. The Labute approximate surface area is 96.6 Å². The number of aliphatic hydroxyl groups excluding tert-OH is 1. The van der Waals surface area contributed by atoms with Gasteiger partial charge in [-0.15, -0.1) is 0 Å². The van der Waals surface area contributed by atoms with Gasteiger partial charge < -0.3 is 15.7 Å². The zero-order valence-electron chi connectivity index (χ0n) is 10.5. The highest BCUT2D eigenvalue weighted by atomic mass is 16.3. The molecule has 3 N–H and O–H groups in total. The molecule has 0 heterocycles. The minimum absolute atomic E-state index is 0.0736. The number of aliphatic hydroxyl groups is 1. The molecule has 0 fully saturated rings. The fourth-order valence-corrected chi connectivity index (χ4v) is 0.947. The number of hydrogen-bond donors (Lipinski definition) is 3. The highest BCUT2D eigenvalue weighted by Gasteiger charge is 2.20. The van der Waals surface area contributed by atoms with E-state index < -0.39 is 5.41 Å². The number of rotatable bonds is 5. The lowest BCUT2D eigenvalue weighted by atomic mass is 9.96. The van der Waals surface area contributed by atoms with Crippen LogP contribution in [0, 0.1) is 5.41 Å². The first-order valence-corrected chi connectivity index (χ1v) is 5.46. The van der Waals surface area contributed by atoms with Gasteiger partial charge in [0.25, 0.3) is 0 Å². The summed E-state index contributed by atoms with van der Waals surface area (Å²) in [6, 6.07) is -0.245. The van der Waals surface area contributed by atoms with Crippen LogP contribution in [0.25, 0.3) is 0 Å². The predicted molar refractivity (Wildman–Crippen MR) is 61.8 cm³/mol. The van der Waals surface area contributed by atoms with Crippen molar-refractivity contribution in [1.82, 2.24) is 10.6 Å². The van der Waals surface area contributed by atoms with Gasteiger partial charge in [-0.05, 0) is 6.92 Å². The lowest BCUT2D eigenvalue weighted by Crippen LogP contribution is -2.39. The van der Waals surface area contributed by atoms with Crippen LogP contribution in [-0.2, 0) is 9.59 Å². The number of carbonyl (C=O) groups excluding carboxylic acids is 2. The Hall–Kier alpha value is -1.10. The maximum atomic E-state index is 11.4. The zero-order chi connectivity index (χ0) is 12.8. The van der Waals surface area contributed by atoms with Gasteiger partial charge in [0, 0.05) is 24.4 Å². The minimum atomic E-state index is -0.436. The molecule has 0 aliphatic rings. The van der Waals surface area contributed by atoms with Gasteiger partial charge in [-0.1, -0.05) is 20.8 Å². The monoisotopic (exact) mass is 230 g/mol. The van der Waals surface area contributed by atoms with Gasteiger partial charge in [0.05, 0.1) is 6.61 Å². The predicted octanol–water partition coefficient (Wildman–Crippen LogP) is 0.0358. The Morgan fingerprint density at radius 3 is 2.31 bits per heavy atom. The third kappa shape index (κ3) is 6.40. The average molecular weight is 230 g/mol. The first kappa shape index (κ1) is 14.9. The second-order valence-corrected chi connectivity index (χ2v) is 4.91. The van der Waals surface area contributed by atoms with Gasteiger partial charge in [-0.2, -0.15) is 0 Å². The molecule has 5 heteroatoms. The molecule has 16 heavy (non-hydrogen) atoms. The first-order valence-electron chi connectivity index (χ1n) is 5.46. The van der Waals surface area contributed by atoms with E-state index >= 15 is 0 Å². The van der Waals surface area contributed by atoms with Gasteiger partial charge in [0.15, 0.2) is 0 Å². The van der Waals surface area contributed by atoms with Gasteiger partial charge >= 0.3 is 0 Å². The third-order valence-electron chi connectivity index (χ3n) is 2.00. The maximum Gasteiger partial charge on any atom is 0.225 e. The van der Waals surface area contributed by atoms with Crippen molar-refractivity contribution < 1.29 is 14.7 Å². The maximum absolute atomic E-state index is 11.4. The second kappa shape index (κ2) is 6.48. The molecular weight excluding hydrogens is 208 g/mol. The third-order valence-corrected chi connectivity index (χ3v) is 2.00. The van der Waals surface area contributed by atoms with Crippen molar-refractivity contribution in [3.8, 4) is 0 Å². The van der Waals surface area contributed by atoms with Crippen LogP contribution in [0.3, 0.4) is 0 Å². The molecule has 0 aliphatic carbocycles. The average Bonchev–Trinajstić information content (AvgIpc) is 2.15. The van der Waals surface area contributed by atoms with Crippen LogP contribution in [0.15, 0.2) is 0 Å². The van der Waals surface area contributed by atoms with E-state index in [-0.39, 0.29) is 30.9 Å². The van der Waals surface area contributed by atoms with Crippen molar-refractivity contribution in [2.24, 2.45) is 5.41 Å². The molecular formula is C11H22N2O3. The second-order valence-electron chi connectivity index (χ2n) is 4.91. The summed E-state index contributed by atoms with van der Waals surface area (Å²) in [5, 5.41) is 14.0. The summed E-state index contributed by atoms with van der Waals surface area (Å²) in [7, 11) is 0. The summed E-state index contributed by atoms with van der Waals surface area (Å²) in [5.41, 5.74) is -0.436. The summed E-state index contributed by atoms with van der Waals surface area (Å²) >= 11 is 0. The van der Waals surface area contributed by atoms with Gasteiger partial charge in [-0.25, -0.2) is 0 Å². The Balaban J connectivity index is 3.75. The van der Waals surface area contributed by atoms with Gasteiger partial charge in [0.1, 0.15) is 0 Å². The fraction of sp³-hybridized carbons (Fsp3) is 0.818. The van der Waals surface area contributed by atoms with E-state index in [0.29, 0.717) is 6.54 Å². The molecule has 1 atom stereocenters. The molecule has 5 nitrogen and oxygen atoms in total. The van der Waals surface area contributed by atoms with Crippen LogP contribution in [0.4, 0.5) is 0 Å². The van der Waals surface area contributed by atoms with Gasteiger partial charge in [0.2, 0.25) is 11.8 Å². The van der Waals surface area contributed by atoms with Crippen molar-refractivity contribution in [3.05, 3.63) is 0 Å². The topological polar surface area (TPSA) is 78.4 Å². The molecule has 94 valence electrons. The molecule has 0 aromatic carbocycles. The van der Waals surface area contributed by atoms with Crippen LogP contribution < -0.4 is 10.6 Å². The largest absolute Gasteiger partial charge is 0.394 e. The van der Waals surface area contributed by atoms with Crippen LogP contribution in [0.5, 0.6) is 0 Å². The normalized spacial score (nSPS) is 13.1. The van der Waals surface area contributed by atoms with Crippen LogP contribution >= 0.6 is 0 Å². The molecule has 0 rings (SSSR count). The lowest BCUT2D eigenvalue weighted by molar-refractivity contribution is -0.128. The van der Waals surface area contributed by atoms with Gasteiger partial charge in [-0.3, -0.25) is 9.59 Å². The van der Waals surface area contributed by atoms with E-state index in [1.54, 1.807) is 6.92 Å². The molecule has 0 bridgehead atoms. The molecule has 0 saturated carbocycles. The van der Waals surface area contributed by atoms with Crippen molar-refractivity contribution in [2.45, 2.75) is 40.2 Å². The zero-order valence-corrected chi connectivity index (χ0v) is 10.5. The summed E-state index contributed by atoms with van der Waals surface area (Å²) in [5.74, 6) is -0.244. The molecule has 0 aliphatic heterocycles. The van der Waals surface area contributed by atoms with Crippen LogP contribution in [0.2, 0.25) is 0 Å². The van der Waals surface area contributed by atoms with Crippen LogP contribution in [-0.4, -0.2) is 36.1 Å². The summed E-state index contributed by atoms with van der Waals surface area (Å²) in [6.07, 6.45) is 0.228. The smallest absolute Gasteiger partial charge is 0.225 e. The summed E-state index contributed by atoms with van der Waals surface area (Å²) in [6.45, 7) is 7.40. The van der Waals surface area contributed by atoms with E-state index in [1.807, 2.05) is 20.8 Å². The number of carbonyl (C=O) groups is 2. The molecule has 2 amide bonds. The number of hydrogen-bond acceptors (Lipinski definition) is 3. The summed E-state index contributed by atoms with van der Waals surface area (Å²) in [4.78, 5) is 22.7. The highest BCUT2D eigenvalue weighted by molar-refractivity contribution is 5.82. The Morgan fingerprint density at radius 2 is 1.88 bits per heavy atom. The van der Waals surface area contributed by atoms with Crippen molar-refractivity contribution >= 4 is 11.8 Å². The molecule has 0 radical (unpaired) electrons. The van der Waals surface area contributed by atoms with E-state index in [9.17, 15) is 9.59 Å². The first-order chi connectivity index (χ1) is 7.27. The Morgan fingerprint density at radius 1 is 1.31 bits per heavy atom. The lowest BCUT2D eigenvalue weighted by Gasteiger charge is -2.17. The SMILES string of the molecule is CC(CO)NC(=O)CCNC(=O)C(C)(C)C. The van der Waals surface area contributed by atoms with Crippen molar-refractivity contribution in [2.75, 3.05) is 13.2 Å².